The lowest BCUT2D eigenvalue weighted by atomic mass is 10.1. The van der Waals surface area contributed by atoms with Crippen LogP contribution in [0.1, 0.15) is 28.9 Å². The molecular weight excluding hydrogens is 391 g/mol. The van der Waals surface area contributed by atoms with Crippen molar-refractivity contribution in [2.75, 3.05) is 18.0 Å². The summed E-state index contributed by atoms with van der Waals surface area (Å²) in [7, 11) is 1.75. The molecule has 1 amide bonds. The van der Waals surface area contributed by atoms with Crippen molar-refractivity contribution in [2.45, 2.75) is 25.1 Å². The van der Waals surface area contributed by atoms with Gasteiger partial charge in [0.25, 0.3) is 5.91 Å². The molecule has 0 spiro atoms. The number of hydrogen-bond donors (Lipinski definition) is 1. The summed E-state index contributed by atoms with van der Waals surface area (Å²) in [6.07, 6.45) is -1.32. The smallest absolute Gasteiger partial charge is 0.348 e. The highest BCUT2D eigenvalue weighted by atomic mass is 32.1. The minimum Gasteiger partial charge on any atom is -0.348 e. The standard InChI is InChI=1S/C18H18F3N5OS/c1-25-8-7-13(24-25)16(27)22-11-5-9-26(10-6-11)17-23-15-12(18(19,20)21)3-2-4-14(15)28-17/h2-4,7-8,11H,5-6,9-10H2,1H3,(H,22,27). The van der Waals surface area contributed by atoms with Crippen LogP contribution >= 0.6 is 11.3 Å². The van der Waals surface area contributed by atoms with Gasteiger partial charge in [-0.05, 0) is 31.0 Å². The first-order valence-corrected chi connectivity index (χ1v) is 9.65. The highest BCUT2D eigenvalue weighted by Gasteiger charge is 2.34. The number of thiazole rings is 1. The number of para-hydroxylation sites is 1. The first-order chi connectivity index (χ1) is 13.3. The number of carbonyl (C=O) groups is 1. The van der Waals surface area contributed by atoms with Crippen LogP contribution in [0.2, 0.25) is 0 Å². The van der Waals surface area contributed by atoms with Crippen LogP contribution in [-0.2, 0) is 13.2 Å². The second-order valence-corrected chi connectivity index (χ2v) is 7.77. The number of aromatic nitrogens is 3. The molecule has 0 unspecified atom stereocenters. The van der Waals surface area contributed by atoms with Crippen LogP contribution in [0.5, 0.6) is 0 Å². The lowest BCUT2D eigenvalue weighted by Crippen LogP contribution is -2.44. The lowest BCUT2D eigenvalue weighted by molar-refractivity contribution is -0.136. The molecule has 0 radical (unpaired) electrons. The van der Waals surface area contributed by atoms with Crippen molar-refractivity contribution in [3.05, 3.63) is 41.7 Å². The van der Waals surface area contributed by atoms with Gasteiger partial charge in [-0.3, -0.25) is 9.48 Å². The van der Waals surface area contributed by atoms with Gasteiger partial charge in [-0.2, -0.15) is 18.3 Å². The molecule has 2 aromatic heterocycles. The van der Waals surface area contributed by atoms with E-state index >= 15 is 0 Å². The molecular formula is C18H18F3N5OS. The summed E-state index contributed by atoms with van der Waals surface area (Å²) in [5, 5.41) is 7.64. The van der Waals surface area contributed by atoms with Crippen molar-refractivity contribution >= 4 is 32.6 Å². The van der Waals surface area contributed by atoms with Crippen molar-refractivity contribution in [1.29, 1.82) is 0 Å². The van der Waals surface area contributed by atoms with Crippen LogP contribution in [0.15, 0.2) is 30.5 Å². The minimum absolute atomic E-state index is 0.000535. The Hall–Kier alpha value is -2.62. The molecule has 1 aliphatic heterocycles. The Kier molecular flexibility index (Phi) is 4.74. The molecule has 148 valence electrons. The predicted molar refractivity (Wildman–Crippen MR) is 101 cm³/mol. The zero-order chi connectivity index (χ0) is 19.9. The number of halogens is 3. The first-order valence-electron chi connectivity index (χ1n) is 8.83. The third kappa shape index (κ3) is 3.68. The van der Waals surface area contributed by atoms with E-state index in [0.29, 0.717) is 41.5 Å². The summed E-state index contributed by atoms with van der Waals surface area (Å²) in [5.74, 6) is -0.214. The van der Waals surface area contributed by atoms with E-state index < -0.39 is 11.7 Å². The van der Waals surface area contributed by atoms with Crippen molar-refractivity contribution < 1.29 is 18.0 Å². The molecule has 1 aliphatic rings. The van der Waals surface area contributed by atoms with Gasteiger partial charge < -0.3 is 10.2 Å². The van der Waals surface area contributed by atoms with Crippen LogP contribution < -0.4 is 10.2 Å². The Morgan fingerprint density at radius 3 is 2.64 bits per heavy atom. The molecule has 10 heteroatoms. The number of fused-ring (bicyclic) bond motifs is 1. The second-order valence-electron chi connectivity index (χ2n) is 6.76. The molecule has 0 aliphatic carbocycles. The highest BCUT2D eigenvalue weighted by Crippen LogP contribution is 2.38. The van der Waals surface area contributed by atoms with Crippen LogP contribution in [0.3, 0.4) is 0 Å². The topological polar surface area (TPSA) is 63.1 Å². The van der Waals surface area contributed by atoms with Gasteiger partial charge >= 0.3 is 6.18 Å². The fourth-order valence-electron chi connectivity index (χ4n) is 3.31. The number of rotatable bonds is 3. The minimum atomic E-state index is -4.42. The van der Waals surface area contributed by atoms with Crippen LogP contribution in [0.4, 0.5) is 18.3 Å². The van der Waals surface area contributed by atoms with E-state index in [1.54, 1.807) is 30.1 Å². The Labute approximate surface area is 163 Å². The molecule has 0 atom stereocenters. The van der Waals surface area contributed by atoms with Gasteiger partial charge in [-0.15, -0.1) is 0 Å². The number of hydrogen-bond acceptors (Lipinski definition) is 5. The molecule has 28 heavy (non-hydrogen) atoms. The van der Waals surface area contributed by atoms with Gasteiger partial charge in [-0.1, -0.05) is 17.4 Å². The SMILES string of the molecule is Cn1ccc(C(=O)NC2CCN(c3nc4c(C(F)(F)F)cccc4s3)CC2)n1. The van der Waals surface area contributed by atoms with Gasteiger partial charge in [0.1, 0.15) is 5.69 Å². The number of piperidine rings is 1. The molecule has 4 rings (SSSR count). The second kappa shape index (κ2) is 7.08. The summed E-state index contributed by atoms with van der Waals surface area (Å²) in [6.45, 7) is 1.24. The average molecular weight is 409 g/mol. The van der Waals surface area contributed by atoms with Crippen LogP contribution in [0, 0.1) is 0 Å². The van der Waals surface area contributed by atoms with E-state index in [9.17, 15) is 18.0 Å². The molecule has 1 aromatic carbocycles. The number of alkyl halides is 3. The summed E-state index contributed by atoms with van der Waals surface area (Å²) >= 11 is 1.26. The molecule has 1 N–H and O–H groups in total. The maximum Gasteiger partial charge on any atom is 0.418 e. The number of amides is 1. The molecule has 3 aromatic rings. The number of aryl methyl sites for hydroxylation is 1. The molecule has 6 nitrogen and oxygen atoms in total. The van der Waals surface area contributed by atoms with Gasteiger partial charge in [0, 0.05) is 32.4 Å². The monoisotopic (exact) mass is 409 g/mol. The summed E-state index contributed by atoms with van der Waals surface area (Å²) in [4.78, 5) is 18.5. The van der Waals surface area contributed by atoms with E-state index in [-0.39, 0.29) is 17.5 Å². The molecule has 1 fully saturated rings. The quantitative estimate of drug-likeness (QED) is 0.720. The van der Waals surface area contributed by atoms with E-state index in [2.05, 4.69) is 15.4 Å². The normalized spacial score (nSPS) is 15.9. The van der Waals surface area contributed by atoms with Crippen LogP contribution in [0.25, 0.3) is 10.2 Å². The number of nitrogens with zero attached hydrogens (tertiary/aromatic N) is 4. The van der Waals surface area contributed by atoms with Gasteiger partial charge in [0.2, 0.25) is 0 Å². The predicted octanol–water partition coefficient (Wildman–Crippen LogP) is 3.45. The number of carbonyl (C=O) groups excluding carboxylic acids is 1. The Morgan fingerprint density at radius 1 is 1.25 bits per heavy atom. The van der Waals surface area contributed by atoms with E-state index in [4.69, 9.17) is 0 Å². The van der Waals surface area contributed by atoms with Crippen LogP contribution in [-0.4, -0.2) is 39.8 Å². The van der Waals surface area contributed by atoms with E-state index in [1.807, 2.05) is 4.90 Å². The summed E-state index contributed by atoms with van der Waals surface area (Å²) in [5.41, 5.74) is -0.332. The fourth-order valence-corrected chi connectivity index (χ4v) is 4.36. The molecule has 1 saturated heterocycles. The Bertz CT molecular complexity index is 1000. The Morgan fingerprint density at radius 2 is 2.00 bits per heavy atom. The molecule has 3 heterocycles. The zero-order valence-electron chi connectivity index (χ0n) is 15.0. The third-order valence-electron chi connectivity index (χ3n) is 4.76. The number of anilines is 1. The number of nitrogens with one attached hydrogen (secondary N) is 1. The van der Waals surface area contributed by atoms with Gasteiger partial charge in [0.05, 0.1) is 15.8 Å². The fraction of sp³-hybridized carbons (Fsp3) is 0.389. The van der Waals surface area contributed by atoms with Gasteiger partial charge in [0.15, 0.2) is 5.13 Å². The Balaban J connectivity index is 1.43. The summed E-state index contributed by atoms with van der Waals surface area (Å²) in [6, 6.07) is 5.79. The molecule has 0 bridgehead atoms. The van der Waals surface area contributed by atoms with Crippen molar-refractivity contribution in [2.24, 2.45) is 7.05 Å². The first kappa shape index (κ1) is 18.7. The summed E-state index contributed by atoms with van der Waals surface area (Å²) < 4.78 is 41.7. The lowest BCUT2D eigenvalue weighted by Gasteiger charge is -2.32. The third-order valence-corrected chi connectivity index (χ3v) is 5.84. The molecule has 0 saturated carbocycles. The van der Waals surface area contributed by atoms with Crippen molar-refractivity contribution in [3.8, 4) is 0 Å². The number of benzene rings is 1. The van der Waals surface area contributed by atoms with E-state index in [0.717, 1.165) is 6.07 Å². The average Bonchev–Trinajstić information content (AvgIpc) is 3.27. The maximum absolute atomic E-state index is 13.2. The van der Waals surface area contributed by atoms with Crippen molar-refractivity contribution in [3.63, 3.8) is 0 Å². The largest absolute Gasteiger partial charge is 0.418 e. The van der Waals surface area contributed by atoms with Crippen molar-refractivity contribution in [1.82, 2.24) is 20.1 Å². The zero-order valence-corrected chi connectivity index (χ0v) is 15.8. The van der Waals surface area contributed by atoms with Gasteiger partial charge in [-0.25, -0.2) is 4.98 Å². The maximum atomic E-state index is 13.2. The highest BCUT2D eigenvalue weighted by molar-refractivity contribution is 7.22. The van der Waals surface area contributed by atoms with E-state index in [1.165, 1.54) is 17.4 Å².